The van der Waals surface area contributed by atoms with Crippen molar-refractivity contribution in [3.63, 3.8) is 0 Å². The smallest absolute Gasteiger partial charge is 0.341 e. The zero-order valence-electron chi connectivity index (χ0n) is 7.54. The van der Waals surface area contributed by atoms with Gasteiger partial charge in [-0.25, -0.2) is 4.79 Å². The minimum absolute atomic E-state index is 0.0594. The predicted octanol–water partition coefficient (Wildman–Crippen LogP) is 0.640. The third-order valence-electron chi connectivity index (χ3n) is 1.49. The van der Waals surface area contributed by atoms with Crippen LogP contribution in [0.3, 0.4) is 0 Å². The molecule has 0 saturated carbocycles. The number of nitrogen functional groups attached to an aromatic ring is 1. The highest BCUT2D eigenvalue weighted by molar-refractivity contribution is 5.68. The number of hydrogen-bond acceptors (Lipinski definition) is 5. The fraction of sp³-hybridized carbons (Fsp3) is 0.125. The molecular weight excluding hydrogens is 204 g/mol. The highest BCUT2D eigenvalue weighted by Crippen LogP contribution is 2.23. The molecule has 3 N–H and O–H groups in total. The van der Waals surface area contributed by atoms with Gasteiger partial charge in [-0.2, -0.15) is 0 Å². The number of carbonyl (C=O) groups is 1. The SMILES string of the molecule is Nc1cc(OCC(=O)O)cc([N+](=O)[O-])c1. The standard InChI is InChI=1S/C8H8N2O5/c9-5-1-6(10(13)14)3-7(2-5)15-4-8(11)12/h1-3H,4,9H2,(H,11,12). The van der Waals surface area contributed by atoms with Crippen molar-refractivity contribution in [2.24, 2.45) is 0 Å². The topological polar surface area (TPSA) is 116 Å². The summed E-state index contributed by atoms with van der Waals surface area (Å²) in [6, 6.07) is 3.59. The molecule has 0 aliphatic carbocycles. The molecule has 0 unspecified atom stereocenters. The highest BCUT2D eigenvalue weighted by Gasteiger charge is 2.09. The summed E-state index contributed by atoms with van der Waals surface area (Å²) in [5.41, 5.74) is 5.27. The fourth-order valence-corrected chi connectivity index (χ4v) is 0.940. The average Bonchev–Trinajstić information content (AvgIpc) is 2.13. The number of anilines is 1. The summed E-state index contributed by atoms with van der Waals surface area (Å²) in [5, 5.41) is 18.8. The molecule has 1 rings (SSSR count). The predicted molar refractivity (Wildman–Crippen MR) is 50.6 cm³/mol. The number of ether oxygens (including phenoxy) is 1. The second-order valence-electron chi connectivity index (χ2n) is 2.70. The van der Waals surface area contributed by atoms with Crippen LogP contribution < -0.4 is 10.5 Å². The molecule has 0 saturated heterocycles. The number of carboxylic acids is 1. The van der Waals surface area contributed by atoms with E-state index in [-0.39, 0.29) is 17.1 Å². The van der Waals surface area contributed by atoms with Crippen molar-refractivity contribution in [3.05, 3.63) is 28.3 Å². The Labute approximate surface area is 84.2 Å². The van der Waals surface area contributed by atoms with E-state index < -0.39 is 17.5 Å². The third kappa shape index (κ3) is 3.14. The second kappa shape index (κ2) is 4.27. The van der Waals surface area contributed by atoms with Crippen LogP contribution >= 0.6 is 0 Å². The number of nitrogens with zero attached hydrogens (tertiary/aromatic N) is 1. The Morgan fingerprint density at radius 1 is 1.53 bits per heavy atom. The van der Waals surface area contributed by atoms with Gasteiger partial charge < -0.3 is 15.6 Å². The molecule has 0 aromatic heterocycles. The van der Waals surface area contributed by atoms with Crippen molar-refractivity contribution in [3.8, 4) is 5.75 Å². The summed E-state index contributed by atoms with van der Waals surface area (Å²) in [7, 11) is 0. The van der Waals surface area contributed by atoms with Crippen LogP contribution in [0.2, 0.25) is 0 Å². The van der Waals surface area contributed by atoms with Gasteiger partial charge in [0.15, 0.2) is 6.61 Å². The minimum Gasteiger partial charge on any atom is -0.482 e. The van der Waals surface area contributed by atoms with Crippen molar-refractivity contribution < 1.29 is 19.6 Å². The molecule has 0 aliphatic heterocycles. The molecule has 0 bridgehead atoms. The lowest BCUT2D eigenvalue weighted by Crippen LogP contribution is -2.09. The number of rotatable bonds is 4. The van der Waals surface area contributed by atoms with Gasteiger partial charge in [-0.15, -0.1) is 0 Å². The molecule has 0 spiro atoms. The molecule has 1 aromatic rings. The van der Waals surface area contributed by atoms with Crippen molar-refractivity contribution in [2.45, 2.75) is 0 Å². The number of nitro groups is 1. The minimum atomic E-state index is -1.17. The number of carboxylic acid groups (broad SMARTS) is 1. The molecule has 0 radical (unpaired) electrons. The molecule has 0 amide bonds. The van der Waals surface area contributed by atoms with Crippen molar-refractivity contribution >= 4 is 17.3 Å². The maximum atomic E-state index is 10.4. The van der Waals surface area contributed by atoms with E-state index >= 15 is 0 Å². The Kier molecular flexibility index (Phi) is 3.06. The Morgan fingerprint density at radius 2 is 2.20 bits per heavy atom. The van der Waals surface area contributed by atoms with E-state index in [1.807, 2.05) is 0 Å². The molecule has 0 fully saturated rings. The maximum Gasteiger partial charge on any atom is 0.341 e. The van der Waals surface area contributed by atoms with Gasteiger partial charge in [0.1, 0.15) is 5.75 Å². The van der Waals surface area contributed by atoms with Crippen LogP contribution in [0.15, 0.2) is 18.2 Å². The maximum absolute atomic E-state index is 10.4. The molecule has 7 heteroatoms. The van der Waals surface area contributed by atoms with Crippen LogP contribution in [0, 0.1) is 10.1 Å². The lowest BCUT2D eigenvalue weighted by Gasteiger charge is -2.03. The van der Waals surface area contributed by atoms with E-state index in [0.29, 0.717) is 0 Å². The summed E-state index contributed by atoms with van der Waals surface area (Å²) in [4.78, 5) is 20.0. The number of hydrogen-bond donors (Lipinski definition) is 2. The first-order valence-corrected chi connectivity index (χ1v) is 3.88. The van der Waals surface area contributed by atoms with Crippen LogP contribution in [-0.4, -0.2) is 22.6 Å². The summed E-state index contributed by atoms with van der Waals surface area (Å²) in [5.74, 6) is -1.11. The molecule has 15 heavy (non-hydrogen) atoms. The fourth-order valence-electron chi connectivity index (χ4n) is 0.940. The highest BCUT2D eigenvalue weighted by atomic mass is 16.6. The molecule has 7 nitrogen and oxygen atoms in total. The summed E-state index contributed by atoms with van der Waals surface area (Å²) >= 11 is 0. The summed E-state index contributed by atoms with van der Waals surface area (Å²) in [6.07, 6.45) is 0. The van der Waals surface area contributed by atoms with Crippen molar-refractivity contribution in [1.82, 2.24) is 0 Å². The zero-order valence-corrected chi connectivity index (χ0v) is 7.54. The molecule has 0 heterocycles. The first kappa shape index (κ1) is 10.8. The second-order valence-corrected chi connectivity index (χ2v) is 2.70. The number of benzene rings is 1. The first-order valence-electron chi connectivity index (χ1n) is 3.88. The lowest BCUT2D eigenvalue weighted by atomic mass is 10.2. The summed E-state index contributed by atoms with van der Waals surface area (Å²) in [6.45, 7) is -0.569. The van der Waals surface area contributed by atoms with Crippen molar-refractivity contribution in [1.29, 1.82) is 0 Å². The normalized spacial score (nSPS) is 9.60. The average molecular weight is 212 g/mol. The number of nitro benzene ring substituents is 1. The Morgan fingerprint density at radius 3 is 2.73 bits per heavy atom. The van der Waals surface area contributed by atoms with Gasteiger partial charge in [0, 0.05) is 17.8 Å². The van der Waals surface area contributed by atoms with E-state index in [0.717, 1.165) is 12.1 Å². The Bertz CT molecular complexity index is 404. The quantitative estimate of drug-likeness (QED) is 0.429. The van der Waals surface area contributed by atoms with Crippen LogP contribution in [-0.2, 0) is 4.79 Å². The van der Waals surface area contributed by atoms with Gasteiger partial charge in [-0.3, -0.25) is 10.1 Å². The van der Waals surface area contributed by atoms with Crippen LogP contribution in [0.4, 0.5) is 11.4 Å². The van der Waals surface area contributed by atoms with Gasteiger partial charge >= 0.3 is 5.97 Å². The number of aliphatic carboxylic acids is 1. The van der Waals surface area contributed by atoms with Crippen LogP contribution in [0.1, 0.15) is 0 Å². The van der Waals surface area contributed by atoms with Gasteiger partial charge in [0.25, 0.3) is 5.69 Å². The third-order valence-corrected chi connectivity index (χ3v) is 1.49. The van der Waals surface area contributed by atoms with Crippen LogP contribution in [0.5, 0.6) is 5.75 Å². The largest absolute Gasteiger partial charge is 0.482 e. The lowest BCUT2D eigenvalue weighted by molar-refractivity contribution is -0.384. The molecule has 1 aromatic carbocycles. The van der Waals surface area contributed by atoms with Gasteiger partial charge in [-0.1, -0.05) is 0 Å². The Hall–Kier alpha value is -2.31. The van der Waals surface area contributed by atoms with E-state index in [9.17, 15) is 14.9 Å². The van der Waals surface area contributed by atoms with E-state index in [2.05, 4.69) is 0 Å². The first-order chi connectivity index (χ1) is 6.99. The van der Waals surface area contributed by atoms with E-state index in [1.54, 1.807) is 0 Å². The van der Waals surface area contributed by atoms with Crippen LogP contribution in [0.25, 0.3) is 0 Å². The van der Waals surface area contributed by atoms with Crippen molar-refractivity contribution in [2.75, 3.05) is 12.3 Å². The molecular formula is C8H8N2O5. The van der Waals surface area contributed by atoms with Gasteiger partial charge in [0.2, 0.25) is 0 Å². The van der Waals surface area contributed by atoms with Gasteiger partial charge in [0.05, 0.1) is 11.0 Å². The number of nitrogens with two attached hydrogens (primary N) is 1. The molecule has 80 valence electrons. The zero-order chi connectivity index (χ0) is 11.4. The van der Waals surface area contributed by atoms with Gasteiger partial charge in [-0.05, 0) is 0 Å². The summed E-state index contributed by atoms with van der Waals surface area (Å²) < 4.78 is 4.76. The van der Waals surface area contributed by atoms with E-state index in [4.69, 9.17) is 15.6 Å². The molecule has 0 aliphatic rings. The van der Waals surface area contributed by atoms with E-state index in [1.165, 1.54) is 6.07 Å². The monoisotopic (exact) mass is 212 g/mol. The number of non-ortho nitro benzene ring substituents is 1. The Balaban J connectivity index is 2.88. The molecule has 0 atom stereocenters.